The molecule has 2 amide bonds. The van der Waals surface area contributed by atoms with Crippen LogP contribution in [0.1, 0.15) is 18.4 Å². The number of halogens is 1. The molecule has 6 heteroatoms. The third kappa shape index (κ3) is 2.96. The van der Waals surface area contributed by atoms with Gasteiger partial charge in [-0.1, -0.05) is 6.07 Å². The number of nitrogens with zero attached hydrogens (tertiary/aromatic N) is 2. The Hall–Kier alpha value is -2.24. The Morgan fingerprint density at radius 3 is 2.79 bits per heavy atom. The standard InChI is InChI=1S/C13H14FN3O2/c1-8-3-4-9(7-10(8)14)15-13(19)11-5-6-12(18)17(2)16-11/h3-4,7H,5-6H2,1-2H3,(H,15,19). The SMILES string of the molecule is Cc1ccc(NC(=O)C2=NN(C)C(=O)CC2)cc1F. The van der Waals surface area contributed by atoms with Crippen LogP contribution in [0.4, 0.5) is 10.1 Å². The monoisotopic (exact) mass is 263 g/mol. The van der Waals surface area contributed by atoms with E-state index >= 15 is 0 Å². The number of anilines is 1. The van der Waals surface area contributed by atoms with Crippen LogP contribution in [0.25, 0.3) is 0 Å². The Labute approximate surface area is 110 Å². The maximum Gasteiger partial charge on any atom is 0.271 e. The molecule has 1 heterocycles. The lowest BCUT2D eigenvalue weighted by Crippen LogP contribution is -2.34. The Balaban J connectivity index is 2.11. The molecule has 0 aromatic heterocycles. The summed E-state index contributed by atoms with van der Waals surface area (Å²) in [5.41, 5.74) is 1.15. The molecule has 0 aliphatic carbocycles. The van der Waals surface area contributed by atoms with Crippen molar-refractivity contribution < 1.29 is 14.0 Å². The molecule has 0 saturated heterocycles. The van der Waals surface area contributed by atoms with Crippen molar-refractivity contribution in [1.29, 1.82) is 0 Å². The van der Waals surface area contributed by atoms with E-state index in [1.165, 1.54) is 13.1 Å². The van der Waals surface area contributed by atoms with Gasteiger partial charge < -0.3 is 5.32 Å². The second-order valence-corrected chi connectivity index (χ2v) is 4.38. The molecule has 100 valence electrons. The van der Waals surface area contributed by atoms with Crippen LogP contribution in [0.3, 0.4) is 0 Å². The molecule has 0 spiro atoms. The van der Waals surface area contributed by atoms with Gasteiger partial charge in [0.15, 0.2) is 0 Å². The van der Waals surface area contributed by atoms with Gasteiger partial charge in [-0.2, -0.15) is 5.10 Å². The second-order valence-electron chi connectivity index (χ2n) is 4.38. The first-order valence-corrected chi connectivity index (χ1v) is 5.89. The second kappa shape index (κ2) is 5.17. The number of benzene rings is 1. The van der Waals surface area contributed by atoms with E-state index in [0.717, 1.165) is 5.01 Å². The van der Waals surface area contributed by atoms with Crippen molar-refractivity contribution in [3.63, 3.8) is 0 Å². The van der Waals surface area contributed by atoms with Crippen LogP contribution in [0.15, 0.2) is 23.3 Å². The fraction of sp³-hybridized carbons (Fsp3) is 0.308. The minimum atomic E-state index is -0.414. The van der Waals surface area contributed by atoms with Gasteiger partial charge in [0.2, 0.25) is 5.91 Å². The molecule has 2 rings (SSSR count). The van der Waals surface area contributed by atoms with Crippen molar-refractivity contribution in [2.75, 3.05) is 12.4 Å². The van der Waals surface area contributed by atoms with E-state index in [9.17, 15) is 14.0 Å². The fourth-order valence-electron chi connectivity index (χ4n) is 1.71. The van der Waals surface area contributed by atoms with Gasteiger partial charge in [-0.15, -0.1) is 0 Å². The van der Waals surface area contributed by atoms with Gasteiger partial charge in [0.25, 0.3) is 5.91 Å². The van der Waals surface area contributed by atoms with Gasteiger partial charge in [0, 0.05) is 25.6 Å². The van der Waals surface area contributed by atoms with Crippen molar-refractivity contribution in [1.82, 2.24) is 5.01 Å². The lowest BCUT2D eigenvalue weighted by Gasteiger charge is -2.18. The number of hydrogen-bond acceptors (Lipinski definition) is 3. The zero-order chi connectivity index (χ0) is 14.0. The number of carbonyl (C=O) groups is 2. The maximum atomic E-state index is 13.4. The highest BCUT2D eigenvalue weighted by Crippen LogP contribution is 2.15. The highest BCUT2D eigenvalue weighted by molar-refractivity contribution is 6.43. The lowest BCUT2D eigenvalue weighted by atomic mass is 10.1. The van der Waals surface area contributed by atoms with Crippen molar-refractivity contribution in [3.05, 3.63) is 29.6 Å². The Kier molecular flexibility index (Phi) is 3.59. The van der Waals surface area contributed by atoms with E-state index in [4.69, 9.17) is 0 Å². The molecule has 0 atom stereocenters. The first-order chi connectivity index (χ1) is 8.97. The van der Waals surface area contributed by atoms with Crippen LogP contribution in [0.5, 0.6) is 0 Å². The van der Waals surface area contributed by atoms with E-state index in [-0.39, 0.29) is 23.9 Å². The largest absolute Gasteiger partial charge is 0.321 e. The van der Waals surface area contributed by atoms with Crippen molar-refractivity contribution in [2.24, 2.45) is 5.10 Å². The van der Waals surface area contributed by atoms with Crippen molar-refractivity contribution in [2.45, 2.75) is 19.8 Å². The van der Waals surface area contributed by atoms with Gasteiger partial charge in [-0.3, -0.25) is 9.59 Å². The molecule has 1 aliphatic heterocycles. The van der Waals surface area contributed by atoms with Crippen LogP contribution in [0, 0.1) is 12.7 Å². The van der Waals surface area contributed by atoms with E-state index < -0.39 is 5.91 Å². The van der Waals surface area contributed by atoms with Crippen LogP contribution < -0.4 is 5.32 Å². The average Bonchev–Trinajstić information content (AvgIpc) is 2.37. The summed E-state index contributed by atoms with van der Waals surface area (Å²) in [5.74, 6) is -0.920. The summed E-state index contributed by atoms with van der Waals surface area (Å²) in [6.45, 7) is 1.65. The number of hydrogen-bond donors (Lipinski definition) is 1. The van der Waals surface area contributed by atoms with Crippen LogP contribution in [-0.4, -0.2) is 29.6 Å². The summed E-state index contributed by atoms with van der Waals surface area (Å²) in [6, 6.07) is 4.46. The third-order valence-corrected chi connectivity index (χ3v) is 2.90. The summed E-state index contributed by atoms with van der Waals surface area (Å²) in [4.78, 5) is 23.2. The average molecular weight is 263 g/mol. The lowest BCUT2D eigenvalue weighted by molar-refractivity contribution is -0.130. The predicted molar refractivity (Wildman–Crippen MR) is 69.2 cm³/mol. The molecule has 1 aromatic rings. The molecular formula is C13H14FN3O2. The first-order valence-electron chi connectivity index (χ1n) is 5.89. The fourth-order valence-corrected chi connectivity index (χ4v) is 1.71. The summed E-state index contributed by atoms with van der Waals surface area (Å²) in [7, 11) is 1.50. The molecule has 1 aliphatic rings. The quantitative estimate of drug-likeness (QED) is 0.882. The number of amides is 2. The number of aryl methyl sites for hydroxylation is 1. The minimum absolute atomic E-state index is 0.127. The summed E-state index contributed by atoms with van der Waals surface area (Å²) in [5, 5.41) is 7.61. The number of nitrogens with one attached hydrogen (secondary N) is 1. The minimum Gasteiger partial charge on any atom is -0.321 e. The first kappa shape index (κ1) is 13.2. The summed E-state index contributed by atoms with van der Waals surface area (Å²) >= 11 is 0. The smallest absolute Gasteiger partial charge is 0.271 e. The summed E-state index contributed by atoms with van der Waals surface area (Å²) in [6.07, 6.45) is 0.550. The van der Waals surface area contributed by atoms with E-state index in [1.54, 1.807) is 19.1 Å². The zero-order valence-corrected chi connectivity index (χ0v) is 10.7. The van der Waals surface area contributed by atoms with Gasteiger partial charge in [0.05, 0.1) is 0 Å². The van der Waals surface area contributed by atoms with Gasteiger partial charge in [0.1, 0.15) is 11.5 Å². The van der Waals surface area contributed by atoms with Crippen LogP contribution in [0.2, 0.25) is 0 Å². The summed E-state index contributed by atoms with van der Waals surface area (Å²) < 4.78 is 13.4. The molecule has 1 N–H and O–H groups in total. The van der Waals surface area contributed by atoms with Gasteiger partial charge >= 0.3 is 0 Å². The topological polar surface area (TPSA) is 61.8 Å². The van der Waals surface area contributed by atoms with Crippen LogP contribution in [-0.2, 0) is 9.59 Å². The number of hydrazone groups is 1. The van der Waals surface area contributed by atoms with Crippen molar-refractivity contribution in [3.8, 4) is 0 Å². The molecule has 5 nitrogen and oxygen atoms in total. The highest BCUT2D eigenvalue weighted by atomic mass is 19.1. The normalized spacial score (nSPS) is 15.2. The number of carbonyl (C=O) groups excluding carboxylic acids is 2. The predicted octanol–water partition coefficient (Wildman–Crippen LogP) is 1.68. The molecular weight excluding hydrogens is 249 g/mol. The molecule has 0 fully saturated rings. The molecule has 0 unspecified atom stereocenters. The number of rotatable bonds is 2. The van der Waals surface area contributed by atoms with E-state index in [1.807, 2.05) is 0 Å². The Bertz CT molecular complexity index is 569. The van der Waals surface area contributed by atoms with Gasteiger partial charge in [-0.25, -0.2) is 9.40 Å². The van der Waals surface area contributed by atoms with Gasteiger partial charge in [-0.05, 0) is 24.6 Å². The van der Waals surface area contributed by atoms with E-state index in [2.05, 4.69) is 10.4 Å². The third-order valence-electron chi connectivity index (χ3n) is 2.90. The van der Waals surface area contributed by atoms with Crippen LogP contribution >= 0.6 is 0 Å². The molecule has 0 radical (unpaired) electrons. The molecule has 0 saturated carbocycles. The molecule has 0 bridgehead atoms. The van der Waals surface area contributed by atoms with Crippen molar-refractivity contribution >= 4 is 23.2 Å². The molecule has 19 heavy (non-hydrogen) atoms. The van der Waals surface area contributed by atoms with E-state index in [0.29, 0.717) is 17.7 Å². The zero-order valence-electron chi connectivity index (χ0n) is 10.7. The molecule has 1 aromatic carbocycles. The maximum absolute atomic E-state index is 13.4. The highest BCUT2D eigenvalue weighted by Gasteiger charge is 2.22. The Morgan fingerprint density at radius 2 is 2.16 bits per heavy atom. The Morgan fingerprint density at radius 1 is 1.42 bits per heavy atom.